The fourth-order valence-corrected chi connectivity index (χ4v) is 4.81. The third-order valence-electron chi connectivity index (χ3n) is 4.07. The maximum atomic E-state index is 12.4. The number of nitrogens with one attached hydrogen (secondary N) is 1. The molecule has 0 saturated heterocycles. The van der Waals surface area contributed by atoms with Crippen molar-refractivity contribution >= 4 is 54.1 Å². The fourth-order valence-electron chi connectivity index (χ4n) is 2.94. The number of fused-ring (bicyclic) bond motifs is 4. The van der Waals surface area contributed by atoms with Gasteiger partial charge >= 0.3 is 0 Å². The monoisotopic (exact) mass is 383 g/mol. The van der Waals surface area contributed by atoms with E-state index in [1.54, 1.807) is 11.3 Å². The van der Waals surface area contributed by atoms with Crippen molar-refractivity contribution in [3.05, 3.63) is 40.9 Å². The molecule has 6 nitrogen and oxygen atoms in total. The van der Waals surface area contributed by atoms with Gasteiger partial charge in [0.05, 0.1) is 26.3 Å². The lowest BCUT2D eigenvalue weighted by Crippen LogP contribution is -2.14. The summed E-state index contributed by atoms with van der Waals surface area (Å²) in [5, 5.41) is 4.50. The van der Waals surface area contributed by atoms with Crippen LogP contribution >= 0.6 is 22.7 Å². The van der Waals surface area contributed by atoms with Crippen LogP contribution in [0.3, 0.4) is 0 Å². The molecule has 1 aliphatic rings. The van der Waals surface area contributed by atoms with Gasteiger partial charge in [-0.3, -0.25) is 4.79 Å². The Labute approximate surface area is 156 Å². The first-order valence-electron chi connectivity index (χ1n) is 8.01. The lowest BCUT2D eigenvalue weighted by Gasteiger charge is -2.03. The number of carbonyl (C=O) groups excluding carboxylic acids is 1. The first-order valence-corrected chi connectivity index (χ1v) is 9.64. The number of benzene rings is 2. The molecule has 0 spiro atoms. The van der Waals surface area contributed by atoms with Crippen LogP contribution in [0.15, 0.2) is 30.3 Å². The van der Waals surface area contributed by atoms with E-state index in [2.05, 4.69) is 15.3 Å². The highest BCUT2D eigenvalue weighted by atomic mass is 32.1. The molecule has 2 aromatic carbocycles. The smallest absolute Gasteiger partial charge is 0.231 e. The number of aromatic nitrogens is 2. The van der Waals surface area contributed by atoms with E-state index in [0.29, 0.717) is 16.6 Å². The van der Waals surface area contributed by atoms with Crippen molar-refractivity contribution < 1.29 is 14.3 Å². The Morgan fingerprint density at radius 3 is 2.96 bits per heavy atom. The zero-order chi connectivity index (χ0) is 17.7. The Morgan fingerprint density at radius 1 is 1.15 bits per heavy atom. The predicted octanol–water partition coefficient (Wildman–Crippen LogP) is 4.12. The molecule has 0 bridgehead atoms. The molecule has 4 aromatic rings. The van der Waals surface area contributed by atoms with Crippen LogP contribution < -0.4 is 14.8 Å². The number of hydrogen-bond acceptors (Lipinski definition) is 7. The number of anilines is 1. The SMILES string of the molecule is Cc1nc2c(ccc3nc(NC(=O)Cc4ccc5c(c4)OCO5)sc32)s1. The highest BCUT2D eigenvalue weighted by molar-refractivity contribution is 7.24. The number of thiazole rings is 2. The van der Waals surface area contributed by atoms with E-state index >= 15 is 0 Å². The lowest BCUT2D eigenvalue weighted by atomic mass is 10.1. The summed E-state index contributed by atoms with van der Waals surface area (Å²) in [6.07, 6.45) is 0.248. The van der Waals surface area contributed by atoms with Crippen molar-refractivity contribution in [3.63, 3.8) is 0 Å². The van der Waals surface area contributed by atoms with Crippen molar-refractivity contribution in [3.8, 4) is 11.5 Å². The first kappa shape index (κ1) is 15.5. The van der Waals surface area contributed by atoms with Crippen molar-refractivity contribution in [1.29, 1.82) is 0 Å². The third-order valence-corrected chi connectivity index (χ3v) is 6.00. The molecular formula is C18H13N3O3S2. The number of ether oxygens (including phenoxy) is 2. The van der Waals surface area contributed by atoms with Crippen LogP contribution in [0.5, 0.6) is 11.5 Å². The highest BCUT2D eigenvalue weighted by Crippen LogP contribution is 2.35. The normalized spacial score (nSPS) is 12.8. The summed E-state index contributed by atoms with van der Waals surface area (Å²) >= 11 is 3.12. The maximum absolute atomic E-state index is 12.4. The Bertz CT molecular complexity index is 1170. The van der Waals surface area contributed by atoms with Crippen molar-refractivity contribution in [2.75, 3.05) is 12.1 Å². The van der Waals surface area contributed by atoms with Crippen LogP contribution in [-0.4, -0.2) is 22.7 Å². The first-order chi connectivity index (χ1) is 12.7. The van der Waals surface area contributed by atoms with E-state index in [1.165, 1.54) is 11.3 Å². The van der Waals surface area contributed by atoms with Crippen molar-refractivity contribution in [2.24, 2.45) is 0 Å². The molecule has 2 aromatic heterocycles. The van der Waals surface area contributed by atoms with Crippen LogP contribution in [0, 0.1) is 6.92 Å². The Kier molecular flexibility index (Phi) is 3.54. The Hall–Kier alpha value is -2.71. The maximum Gasteiger partial charge on any atom is 0.231 e. The van der Waals surface area contributed by atoms with E-state index in [0.717, 1.165) is 31.0 Å². The minimum Gasteiger partial charge on any atom is -0.454 e. The minimum atomic E-state index is -0.117. The summed E-state index contributed by atoms with van der Waals surface area (Å²) in [6, 6.07) is 9.53. The third kappa shape index (κ3) is 2.67. The van der Waals surface area contributed by atoms with Gasteiger partial charge in [0.2, 0.25) is 12.7 Å². The van der Waals surface area contributed by atoms with Gasteiger partial charge in [-0.1, -0.05) is 17.4 Å². The number of nitrogens with zero attached hydrogens (tertiary/aromatic N) is 2. The van der Waals surface area contributed by atoms with Crippen molar-refractivity contribution in [2.45, 2.75) is 13.3 Å². The Morgan fingerprint density at radius 2 is 2.04 bits per heavy atom. The molecule has 130 valence electrons. The van der Waals surface area contributed by atoms with Crippen LogP contribution in [0.1, 0.15) is 10.6 Å². The standard InChI is InChI=1S/C18H13N3O3S2/c1-9-19-16-14(25-9)5-3-11-17(16)26-18(20-11)21-15(22)7-10-2-4-12-13(6-10)24-8-23-12/h2-6H,7-8H2,1H3,(H,20,21,22). The highest BCUT2D eigenvalue weighted by Gasteiger charge is 2.16. The summed E-state index contributed by atoms with van der Waals surface area (Å²) in [4.78, 5) is 21.5. The largest absolute Gasteiger partial charge is 0.454 e. The van der Waals surface area contributed by atoms with Gasteiger partial charge in [0, 0.05) is 0 Å². The molecule has 26 heavy (non-hydrogen) atoms. The Balaban J connectivity index is 1.38. The molecule has 5 rings (SSSR count). The average Bonchev–Trinajstić information content (AvgIpc) is 3.30. The topological polar surface area (TPSA) is 73.3 Å². The second-order valence-corrected chi connectivity index (χ2v) is 8.16. The molecule has 1 aliphatic heterocycles. The van der Waals surface area contributed by atoms with Gasteiger partial charge in [0.1, 0.15) is 5.52 Å². The van der Waals surface area contributed by atoms with E-state index < -0.39 is 0 Å². The second-order valence-electron chi connectivity index (χ2n) is 5.93. The molecule has 0 fully saturated rings. The fraction of sp³-hybridized carbons (Fsp3) is 0.167. The summed E-state index contributed by atoms with van der Waals surface area (Å²) in [6.45, 7) is 2.22. The van der Waals surface area contributed by atoms with Crippen molar-refractivity contribution in [1.82, 2.24) is 9.97 Å². The molecule has 1 amide bonds. The number of amides is 1. The quantitative estimate of drug-likeness (QED) is 0.576. The van der Waals surface area contributed by atoms with Crippen LogP contribution in [0.2, 0.25) is 0 Å². The summed E-state index contributed by atoms with van der Waals surface area (Å²) in [5.74, 6) is 1.27. The minimum absolute atomic E-state index is 0.117. The molecular weight excluding hydrogens is 370 g/mol. The number of hydrogen-bond donors (Lipinski definition) is 1. The number of aryl methyl sites for hydroxylation is 1. The van der Waals surface area contributed by atoms with Gasteiger partial charge in [-0.05, 0) is 36.8 Å². The molecule has 1 N–H and O–H groups in total. The summed E-state index contributed by atoms with van der Waals surface area (Å²) in [7, 11) is 0. The second kappa shape index (κ2) is 5.93. The van der Waals surface area contributed by atoms with Gasteiger partial charge in [-0.15, -0.1) is 11.3 Å². The average molecular weight is 383 g/mol. The molecule has 0 aliphatic carbocycles. The van der Waals surface area contributed by atoms with E-state index in [1.807, 2.05) is 37.3 Å². The molecule has 0 radical (unpaired) electrons. The zero-order valence-corrected chi connectivity index (χ0v) is 15.4. The molecule has 0 saturated carbocycles. The molecule has 0 atom stereocenters. The summed E-state index contributed by atoms with van der Waals surface area (Å²) < 4.78 is 12.8. The van der Waals surface area contributed by atoms with Crippen LogP contribution in [0.4, 0.5) is 5.13 Å². The number of carbonyl (C=O) groups is 1. The molecule has 8 heteroatoms. The predicted molar refractivity (Wildman–Crippen MR) is 102 cm³/mol. The van der Waals surface area contributed by atoms with Crippen LogP contribution in [-0.2, 0) is 11.2 Å². The van der Waals surface area contributed by atoms with Gasteiger partial charge < -0.3 is 14.8 Å². The van der Waals surface area contributed by atoms with Gasteiger partial charge in [0.15, 0.2) is 16.6 Å². The zero-order valence-electron chi connectivity index (χ0n) is 13.7. The summed E-state index contributed by atoms with van der Waals surface area (Å²) in [5.41, 5.74) is 2.68. The molecule has 0 unspecified atom stereocenters. The van der Waals surface area contributed by atoms with Gasteiger partial charge in [-0.25, -0.2) is 9.97 Å². The van der Waals surface area contributed by atoms with Crippen LogP contribution in [0.25, 0.3) is 20.4 Å². The number of rotatable bonds is 3. The van der Waals surface area contributed by atoms with E-state index in [-0.39, 0.29) is 19.1 Å². The van der Waals surface area contributed by atoms with Gasteiger partial charge in [0.25, 0.3) is 0 Å². The van der Waals surface area contributed by atoms with Gasteiger partial charge in [-0.2, -0.15) is 0 Å². The van der Waals surface area contributed by atoms with E-state index in [9.17, 15) is 4.79 Å². The van der Waals surface area contributed by atoms with E-state index in [4.69, 9.17) is 9.47 Å². The molecule has 3 heterocycles. The lowest BCUT2D eigenvalue weighted by molar-refractivity contribution is -0.115.